The van der Waals surface area contributed by atoms with E-state index in [9.17, 15) is 0 Å². The largest absolute Gasteiger partial charge is 0.467 e. The quantitative estimate of drug-likeness (QED) is 0.444. The molecule has 4 rings (SSSR count). The molecule has 0 radical (unpaired) electrons. The molecule has 0 amide bonds. The zero-order chi connectivity index (χ0) is 19.5. The van der Waals surface area contributed by atoms with Gasteiger partial charge < -0.3 is 4.42 Å². The molecular formula is C21H21N5OS. The number of hydrogen-bond donors (Lipinski definition) is 0. The van der Waals surface area contributed by atoms with E-state index in [1.54, 1.807) is 6.26 Å². The zero-order valence-corrected chi connectivity index (χ0v) is 16.9. The summed E-state index contributed by atoms with van der Waals surface area (Å²) in [5.41, 5.74) is 3.24. The Morgan fingerprint density at radius 3 is 2.57 bits per heavy atom. The average Bonchev–Trinajstić information content (AvgIpc) is 3.33. The van der Waals surface area contributed by atoms with E-state index in [1.165, 1.54) is 17.3 Å². The van der Waals surface area contributed by atoms with Crippen molar-refractivity contribution in [2.75, 3.05) is 0 Å². The molecule has 0 N–H and O–H groups in total. The van der Waals surface area contributed by atoms with Crippen LogP contribution in [0.1, 0.15) is 29.8 Å². The van der Waals surface area contributed by atoms with Crippen molar-refractivity contribution in [3.05, 3.63) is 71.6 Å². The van der Waals surface area contributed by atoms with Crippen LogP contribution in [-0.4, -0.2) is 24.7 Å². The highest BCUT2D eigenvalue weighted by Crippen LogP contribution is 2.30. The summed E-state index contributed by atoms with van der Waals surface area (Å²) >= 11 is 1.49. The first-order valence-electron chi connectivity index (χ1n) is 9.17. The third kappa shape index (κ3) is 3.99. The molecule has 0 saturated heterocycles. The Bertz CT molecular complexity index is 1070. The van der Waals surface area contributed by atoms with Gasteiger partial charge in [-0.25, -0.2) is 9.97 Å². The molecule has 0 spiro atoms. The normalized spacial score (nSPS) is 11.1. The van der Waals surface area contributed by atoms with Gasteiger partial charge in [0.1, 0.15) is 16.6 Å². The minimum atomic E-state index is 0.552. The molecule has 0 atom stereocenters. The molecule has 0 bridgehead atoms. The predicted molar refractivity (Wildman–Crippen MR) is 108 cm³/mol. The molecule has 28 heavy (non-hydrogen) atoms. The van der Waals surface area contributed by atoms with Gasteiger partial charge in [-0.15, -0.1) is 10.2 Å². The van der Waals surface area contributed by atoms with E-state index in [0.717, 1.165) is 45.3 Å². The van der Waals surface area contributed by atoms with E-state index in [1.807, 2.05) is 25.1 Å². The van der Waals surface area contributed by atoms with Crippen molar-refractivity contribution in [1.29, 1.82) is 0 Å². The van der Waals surface area contributed by atoms with Crippen molar-refractivity contribution in [2.24, 2.45) is 0 Å². The molecule has 4 aromatic rings. The van der Waals surface area contributed by atoms with Crippen molar-refractivity contribution in [1.82, 2.24) is 24.7 Å². The summed E-state index contributed by atoms with van der Waals surface area (Å²) < 4.78 is 7.63. The first kappa shape index (κ1) is 18.4. The third-order valence-electron chi connectivity index (χ3n) is 4.35. The Labute approximate surface area is 168 Å². The van der Waals surface area contributed by atoms with Gasteiger partial charge >= 0.3 is 0 Å². The molecule has 7 heteroatoms. The Morgan fingerprint density at radius 2 is 1.86 bits per heavy atom. The minimum absolute atomic E-state index is 0.552. The van der Waals surface area contributed by atoms with Crippen LogP contribution in [0.15, 0.2) is 63.3 Å². The summed E-state index contributed by atoms with van der Waals surface area (Å²) in [5.74, 6) is 2.42. The van der Waals surface area contributed by atoms with Gasteiger partial charge in [-0.05, 0) is 50.2 Å². The first-order valence-corrected chi connectivity index (χ1v) is 9.99. The zero-order valence-electron chi connectivity index (χ0n) is 16.1. The molecule has 0 saturated carbocycles. The van der Waals surface area contributed by atoms with Crippen LogP contribution < -0.4 is 0 Å². The fraction of sp³-hybridized carbons (Fsp3) is 0.238. The van der Waals surface area contributed by atoms with Gasteiger partial charge in [0.15, 0.2) is 11.0 Å². The number of furan rings is 1. The second-order valence-corrected chi connectivity index (χ2v) is 7.53. The summed E-state index contributed by atoms with van der Waals surface area (Å²) in [5, 5.41) is 10.6. The van der Waals surface area contributed by atoms with Crippen LogP contribution in [0.5, 0.6) is 0 Å². The topological polar surface area (TPSA) is 69.6 Å². The minimum Gasteiger partial charge on any atom is -0.467 e. The van der Waals surface area contributed by atoms with Gasteiger partial charge in [0.2, 0.25) is 0 Å². The monoisotopic (exact) mass is 391 g/mol. The number of rotatable bonds is 6. The maximum Gasteiger partial charge on any atom is 0.198 e. The van der Waals surface area contributed by atoms with Gasteiger partial charge in [-0.1, -0.05) is 36.8 Å². The molecule has 3 aromatic heterocycles. The lowest BCUT2D eigenvalue weighted by Crippen LogP contribution is -2.04. The predicted octanol–water partition coefficient (Wildman–Crippen LogP) is 4.71. The van der Waals surface area contributed by atoms with E-state index < -0.39 is 0 Å². The van der Waals surface area contributed by atoms with E-state index in [-0.39, 0.29) is 0 Å². The molecule has 0 unspecified atom stereocenters. The van der Waals surface area contributed by atoms with E-state index in [4.69, 9.17) is 4.42 Å². The number of hydrogen-bond acceptors (Lipinski definition) is 6. The van der Waals surface area contributed by atoms with Crippen molar-refractivity contribution < 1.29 is 4.42 Å². The summed E-state index contributed by atoms with van der Waals surface area (Å²) in [6, 6.07) is 14.1. The van der Waals surface area contributed by atoms with Crippen LogP contribution in [0.4, 0.5) is 0 Å². The van der Waals surface area contributed by atoms with Gasteiger partial charge in [0.25, 0.3) is 0 Å². The highest BCUT2D eigenvalue weighted by molar-refractivity contribution is 7.99. The standard InChI is InChI=1S/C21H21N5OS/c1-4-17-12-19(23-15(3)22-17)28-21-25-24-20(16-9-7-14(2)8-10-16)26(21)13-18-6-5-11-27-18/h5-12H,4,13H2,1-3H3. The average molecular weight is 392 g/mol. The molecule has 3 heterocycles. The van der Waals surface area contributed by atoms with Crippen molar-refractivity contribution in [3.63, 3.8) is 0 Å². The summed E-state index contributed by atoms with van der Waals surface area (Å²) in [7, 11) is 0. The van der Waals surface area contributed by atoms with Crippen LogP contribution in [0, 0.1) is 13.8 Å². The number of aromatic nitrogens is 5. The molecule has 6 nitrogen and oxygen atoms in total. The molecule has 0 aliphatic rings. The maximum absolute atomic E-state index is 5.57. The van der Waals surface area contributed by atoms with Crippen LogP contribution in [-0.2, 0) is 13.0 Å². The Kier molecular flexibility index (Phi) is 5.25. The molecule has 0 fully saturated rings. The first-order chi connectivity index (χ1) is 13.6. The number of aryl methyl sites for hydroxylation is 3. The molecule has 0 aliphatic heterocycles. The lowest BCUT2D eigenvalue weighted by Gasteiger charge is -2.09. The van der Waals surface area contributed by atoms with Crippen LogP contribution in [0.3, 0.4) is 0 Å². The maximum atomic E-state index is 5.57. The van der Waals surface area contributed by atoms with Gasteiger partial charge in [0, 0.05) is 11.3 Å². The highest BCUT2D eigenvalue weighted by atomic mass is 32.2. The summed E-state index contributed by atoms with van der Waals surface area (Å²) in [6.45, 7) is 6.62. The van der Waals surface area contributed by atoms with E-state index in [0.29, 0.717) is 6.54 Å². The van der Waals surface area contributed by atoms with Crippen molar-refractivity contribution in [3.8, 4) is 11.4 Å². The van der Waals surface area contributed by atoms with Gasteiger partial charge in [-0.3, -0.25) is 4.57 Å². The van der Waals surface area contributed by atoms with Crippen LogP contribution >= 0.6 is 11.8 Å². The summed E-state index contributed by atoms with van der Waals surface area (Å²) in [4.78, 5) is 9.01. The lowest BCUT2D eigenvalue weighted by molar-refractivity contribution is 0.485. The second kappa shape index (κ2) is 7.98. The second-order valence-electron chi connectivity index (χ2n) is 6.54. The lowest BCUT2D eigenvalue weighted by atomic mass is 10.1. The van der Waals surface area contributed by atoms with Crippen molar-refractivity contribution >= 4 is 11.8 Å². The Hall–Kier alpha value is -2.93. The molecule has 1 aromatic carbocycles. The molecule has 0 aliphatic carbocycles. The van der Waals surface area contributed by atoms with Gasteiger partial charge in [0.05, 0.1) is 12.8 Å². The molecule has 142 valence electrons. The van der Waals surface area contributed by atoms with Crippen LogP contribution in [0.25, 0.3) is 11.4 Å². The highest BCUT2D eigenvalue weighted by Gasteiger charge is 2.17. The van der Waals surface area contributed by atoms with Crippen molar-refractivity contribution in [2.45, 2.75) is 43.9 Å². The number of benzene rings is 1. The molecular weight excluding hydrogens is 370 g/mol. The van der Waals surface area contributed by atoms with Gasteiger partial charge in [-0.2, -0.15) is 0 Å². The fourth-order valence-corrected chi connectivity index (χ4v) is 3.81. The third-order valence-corrected chi connectivity index (χ3v) is 5.25. The SMILES string of the molecule is CCc1cc(Sc2nnc(-c3ccc(C)cc3)n2Cc2ccco2)nc(C)n1. The smallest absolute Gasteiger partial charge is 0.198 e. The van der Waals surface area contributed by atoms with E-state index in [2.05, 4.69) is 62.8 Å². The fourth-order valence-electron chi connectivity index (χ4n) is 2.91. The Morgan fingerprint density at radius 1 is 1.04 bits per heavy atom. The number of nitrogens with zero attached hydrogens (tertiary/aromatic N) is 5. The van der Waals surface area contributed by atoms with Crippen LogP contribution in [0.2, 0.25) is 0 Å². The summed E-state index contributed by atoms with van der Waals surface area (Å²) in [6.07, 6.45) is 2.55. The Balaban J connectivity index is 1.74. The van der Waals surface area contributed by atoms with E-state index >= 15 is 0 Å².